The van der Waals surface area contributed by atoms with Crippen LogP contribution in [0.4, 0.5) is 5.13 Å². The normalized spacial score (nSPS) is 12.0. The molecule has 0 atom stereocenters. The number of aryl methyl sites for hydroxylation is 1. The van der Waals surface area contributed by atoms with Gasteiger partial charge >= 0.3 is 0 Å². The minimum absolute atomic E-state index is 0.00598. The predicted octanol–water partition coefficient (Wildman–Crippen LogP) is 4.57. The van der Waals surface area contributed by atoms with Crippen molar-refractivity contribution < 1.29 is 17.6 Å². The molecule has 0 aliphatic carbocycles. The molecule has 0 aliphatic heterocycles. The summed E-state index contributed by atoms with van der Waals surface area (Å²) in [4.78, 5) is 13.5. The lowest BCUT2D eigenvalue weighted by atomic mass is 10.2. The van der Waals surface area contributed by atoms with E-state index < -0.39 is 15.7 Å². The lowest BCUT2D eigenvalue weighted by molar-refractivity contribution is -0.112. The number of nitriles is 1. The number of carbonyl (C=O) groups excluding carboxylic acids is 1. The molecule has 11 heteroatoms. The molecule has 0 saturated carbocycles. The monoisotopic (exact) mass is 488 g/mol. The van der Waals surface area contributed by atoms with E-state index in [9.17, 15) is 18.5 Å². The quantitative estimate of drug-likeness (QED) is 0.278. The molecule has 1 aromatic carbocycles. The van der Waals surface area contributed by atoms with Crippen LogP contribution < -0.4 is 5.32 Å². The zero-order chi connectivity index (χ0) is 23.3. The number of benzene rings is 1. The van der Waals surface area contributed by atoms with Gasteiger partial charge in [0.1, 0.15) is 17.4 Å². The molecular weight excluding hydrogens is 468 g/mol. The van der Waals surface area contributed by atoms with Gasteiger partial charge in [0.05, 0.1) is 5.75 Å². The van der Waals surface area contributed by atoms with Crippen molar-refractivity contribution in [2.75, 3.05) is 11.1 Å². The highest BCUT2D eigenvalue weighted by atomic mass is 32.2. The van der Waals surface area contributed by atoms with E-state index >= 15 is 0 Å². The van der Waals surface area contributed by atoms with Crippen molar-refractivity contribution in [3.8, 4) is 6.07 Å². The van der Waals surface area contributed by atoms with Crippen LogP contribution in [0.3, 0.4) is 0 Å². The number of hydrogen-bond acceptors (Lipinski definition) is 9. The van der Waals surface area contributed by atoms with Crippen molar-refractivity contribution in [2.45, 2.75) is 35.1 Å². The number of sulfone groups is 1. The van der Waals surface area contributed by atoms with Gasteiger partial charge in [0, 0.05) is 11.0 Å². The van der Waals surface area contributed by atoms with Crippen molar-refractivity contribution in [3.05, 3.63) is 53.3 Å². The van der Waals surface area contributed by atoms with E-state index in [1.807, 2.05) is 37.3 Å². The minimum Gasteiger partial charge on any atom is -0.450 e. The van der Waals surface area contributed by atoms with E-state index in [2.05, 4.69) is 15.5 Å². The molecule has 1 amide bonds. The fourth-order valence-electron chi connectivity index (χ4n) is 2.54. The Kier molecular flexibility index (Phi) is 7.50. The summed E-state index contributed by atoms with van der Waals surface area (Å²) in [6, 6.07) is 13.2. The maximum Gasteiger partial charge on any atom is 0.268 e. The van der Waals surface area contributed by atoms with Gasteiger partial charge in [-0.2, -0.15) is 5.26 Å². The standard InChI is InChI=1S/C21H20N4O4S3/c1-13(2)12-32(27,28)21-25-24-20(31-21)23-19(26)15(11-22)10-16-6-9-18(29-16)30-17-7-4-14(3)5-8-17/h4-10,13H,12H2,1-3H3,(H,23,24,26). The first-order chi connectivity index (χ1) is 15.2. The topological polar surface area (TPSA) is 126 Å². The highest BCUT2D eigenvalue weighted by molar-refractivity contribution is 7.99. The SMILES string of the molecule is Cc1ccc(Sc2ccc(C=C(C#N)C(=O)Nc3nnc(S(=O)(=O)CC(C)C)s3)o2)cc1. The summed E-state index contributed by atoms with van der Waals surface area (Å²) in [6.07, 6.45) is 1.31. The molecule has 0 fully saturated rings. The van der Waals surface area contributed by atoms with Gasteiger partial charge < -0.3 is 4.42 Å². The number of aromatic nitrogens is 2. The van der Waals surface area contributed by atoms with Gasteiger partial charge in [-0.05, 0) is 37.1 Å². The second-order valence-corrected chi connectivity index (χ2v) is 11.5. The van der Waals surface area contributed by atoms with E-state index in [4.69, 9.17) is 4.42 Å². The number of nitrogens with zero attached hydrogens (tertiary/aromatic N) is 3. The zero-order valence-electron chi connectivity index (χ0n) is 17.5. The molecule has 0 aliphatic rings. The third-order valence-corrected chi connectivity index (χ3v) is 8.23. The molecule has 1 N–H and O–H groups in total. The fourth-order valence-corrected chi connectivity index (χ4v) is 5.93. The Hall–Kier alpha value is -2.94. The molecule has 32 heavy (non-hydrogen) atoms. The first kappa shape index (κ1) is 23.7. The Bertz CT molecular complexity index is 1280. The Morgan fingerprint density at radius 2 is 1.97 bits per heavy atom. The van der Waals surface area contributed by atoms with E-state index in [0.717, 1.165) is 21.8 Å². The van der Waals surface area contributed by atoms with Crippen LogP contribution >= 0.6 is 23.1 Å². The van der Waals surface area contributed by atoms with E-state index in [1.165, 1.54) is 17.8 Å². The number of furan rings is 1. The predicted molar refractivity (Wildman–Crippen MR) is 123 cm³/mol. The average Bonchev–Trinajstić information content (AvgIpc) is 3.37. The molecule has 0 unspecified atom stereocenters. The molecule has 0 bridgehead atoms. The Labute approximate surface area is 194 Å². The van der Waals surface area contributed by atoms with Crippen molar-refractivity contribution in [2.24, 2.45) is 5.92 Å². The Balaban J connectivity index is 1.69. The van der Waals surface area contributed by atoms with Crippen molar-refractivity contribution >= 4 is 50.1 Å². The molecule has 2 aromatic heterocycles. The Morgan fingerprint density at radius 1 is 1.25 bits per heavy atom. The number of hydrogen-bond donors (Lipinski definition) is 1. The highest BCUT2D eigenvalue weighted by Gasteiger charge is 2.23. The van der Waals surface area contributed by atoms with Gasteiger partial charge in [0.15, 0.2) is 5.09 Å². The van der Waals surface area contributed by atoms with Gasteiger partial charge in [-0.15, -0.1) is 10.2 Å². The van der Waals surface area contributed by atoms with Crippen LogP contribution in [-0.2, 0) is 14.6 Å². The summed E-state index contributed by atoms with van der Waals surface area (Å²) in [5, 5.41) is 19.8. The van der Waals surface area contributed by atoms with Gasteiger partial charge in [-0.1, -0.05) is 54.6 Å². The van der Waals surface area contributed by atoms with Crippen LogP contribution in [0.15, 0.2) is 60.7 Å². The lowest BCUT2D eigenvalue weighted by Crippen LogP contribution is -2.13. The maximum atomic E-state index is 12.5. The first-order valence-electron chi connectivity index (χ1n) is 9.50. The van der Waals surface area contributed by atoms with Crippen LogP contribution in [-0.4, -0.2) is 30.3 Å². The summed E-state index contributed by atoms with van der Waals surface area (Å²) in [7, 11) is -3.58. The van der Waals surface area contributed by atoms with Gasteiger partial charge in [-0.3, -0.25) is 10.1 Å². The second kappa shape index (κ2) is 10.1. The van der Waals surface area contributed by atoms with Gasteiger partial charge in [0.25, 0.3) is 5.91 Å². The van der Waals surface area contributed by atoms with E-state index in [1.54, 1.807) is 26.0 Å². The van der Waals surface area contributed by atoms with Crippen molar-refractivity contribution in [1.82, 2.24) is 10.2 Å². The average molecular weight is 489 g/mol. The summed E-state index contributed by atoms with van der Waals surface area (Å²) in [5.74, 6) is -0.540. The number of carbonyl (C=O) groups is 1. The van der Waals surface area contributed by atoms with E-state index in [0.29, 0.717) is 10.9 Å². The summed E-state index contributed by atoms with van der Waals surface area (Å²) < 4.78 is 30.0. The third-order valence-electron chi connectivity index (χ3n) is 3.94. The molecule has 0 radical (unpaired) electrons. The zero-order valence-corrected chi connectivity index (χ0v) is 20.0. The minimum atomic E-state index is -3.58. The number of nitrogens with one attached hydrogen (secondary N) is 1. The second-order valence-electron chi connectivity index (χ2n) is 7.24. The van der Waals surface area contributed by atoms with Gasteiger partial charge in [0.2, 0.25) is 19.3 Å². The van der Waals surface area contributed by atoms with Crippen LogP contribution in [0.1, 0.15) is 25.2 Å². The molecule has 3 aromatic rings. The maximum absolute atomic E-state index is 12.5. The first-order valence-corrected chi connectivity index (χ1v) is 12.8. The molecule has 3 rings (SSSR count). The van der Waals surface area contributed by atoms with E-state index in [-0.39, 0.29) is 26.7 Å². The number of rotatable bonds is 8. The van der Waals surface area contributed by atoms with Crippen LogP contribution in [0.2, 0.25) is 0 Å². The Morgan fingerprint density at radius 3 is 2.62 bits per heavy atom. The number of anilines is 1. The molecule has 0 saturated heterocycles. The van der Waals surface area contributed by atoms with Crippen LogP contribution in [0.25, 0.3) is 6.08 Å². The van der Waals surface area contributed by atoms with Gasteiger partial charge in [-0.25, -0.2) is 8.42 Å². The largest absolute Gasteiger partial charge is 0.450 e. The molecular formula is C21H20N4O4S3. The highest BCUT2D eigenvalue weighted by Crippen LogP contribution is 2.30. The smallest absolute Gasteiger partial charge is 0.268 e. The summed E-state index contributed by atoms with van der Waals surface area (Å²) >= 11 is 2.16. The van der Waals surface area contributed by atoms with Crippen molar-refractivity contribution in [1.29, 1.82) is 5.26 Å². The summed E-state index contributed by atoms with van der Waals surface area (Å²) in [5.41, 5.74) is 0.940. The van der Waals surface area contributed by atoms with Crippen molar-refractivity contribution in [3.63, 3.8) is 0 Å². The lowest BCUT2D eigenvalue weighted by Gasteiger charge is -2.02. The third kappa shape index (κ3) is 6.29. The molecule has 8 nitrogen and oxygen atoms in total. The fraction of sp³-hybridized carbons (Fsp3) is 0.238. The number of amides is 1. The molecule has 0 spiro atoms. The van der Waals surface area contributed by atoms with Crippen LogP contribution in [0, 0.1) is 24.2 Å². The molecule has 166 valence electrons. The summed E-state index contributed by atoms with van der Waals surface area (Å²) in [6.45, 7) is 5.57. The van der Waals surface area contributed by atoms with Crippen LogP contribution in [0.5, 0.6) is 0 Å². The molecule has 2 heterocycles.